The first-order valence-electron chi connectivity index (χ1n) is 14.0. The van der Waals surface area contributed by atoms with Crippen LogP contribution in [0.15, 0.2) is 41.2 Å². The van der Waals surface area contributed by atoms with Gasteiger partial charge in [0.1, 0.15) is 29.9 Å². The van der Waals surface area contributed by atoms with E-state index in [0.29, 0.717) is 16.5 Å². The van der Waals surface area contributed by atoms with Crippen LogP contribution < -0.4 is 10.3 Å². The number of aliphatic hydroxyl groups is 3. The topological polar surface area (TPSA) is 162 Å². The standard InChI is InChI=1S/C30H38N2O8/c1-3-5-7-9-17-11-13-21-19(15-17)28(36)32-27(31-21)20-16-18(10-8-6-4-2)12-14-22(20)39-30-25(35)23(33)24(34)26(40-30)29(37)38/h11-16,23-26,30,33-35H,3-10H2,1-2H3,(H,37,38)(H,31,32,36)/t23-,24-,25+,26-,30+/m0/s1. The summed E-state index contributed by atoms with van der Waals surface area (Å²) in [6.07, 6.45) is -0.745. The number of hydrogen-bond acceptors (Lipinski definition) is 8. The van der Waals surface area contributed by atoms with Crippen molar-refractivity contribution >= 4 is 16.9 Å². The smallest absolute Gasteiger partial charge is 0.335 e. The van der Waals surface area contributed by atoms with Crippen LogP contribution in [0.4, 0.5) is 0 Å². The van der Waals surface area contributed by atoms with Crippen molar-refractivity contribution in [1.82, 2.24) is 9.97 Å². The third-order valence-electron chi connectivity index (χ3n) is 7.26. The molecule has 0 radical (unpaired) electrons. The van der Waals surface area contributed by atoms with Crippen LogP contribution >= 0.6 is 0 Å². The molecule has 0 aliphatic carbocycles. The van der Waals surface area contributed by atoms with Crippen LogP contribution in [0.5, 0.6) is 5.75 Å². The summed E-state index contributed by atoms with van der Waals surface area (Å²) in [6.45, 7) is 4.26. The Bertz CT molecular complexity index is 1370. The van der Waals surface area contributed by atoms with Crippen molar-refractivity contribution in [3.05, 3.63) is 57.9 Å². The van der Waals surface area contributed by atoms with E-state index in [1.54, 1.807) is 6.07 Å². The molecule has 0 unspecified atom stereocenters. The van der Waals surface area contributed by atoms with Gasteiger partial charge in [0.15, 0.2) is 6.10 Å². The molecule has 0 amide bonds. The lowest BCUT2D eigenvalue weighted by Crippen LogP contribution is -2.61. The Morgan fingerprint density at radius 1 is 0.925 bits per heavy atom. The van der Waals surface area contributed by atoms with E-state index < -0.39 is 36.7 Å². The molecule has 1 aliphatic rings. The highest BCUT2D eigenvalue weighted by Gasteiger charge is 2.48. The maximum atomic E-state index is 13.2. The minimum atomic E-state index is -1.84. The van der Waals surface area contributed by atoms with Gasteiger partial charge in [-0.25, -0.2) is 9.78 Å². The molecule has 0 bridgehead atoms. The van der Waals surface area contributed by atoms with Gasteiger partial charge in [-0.2, -0.15) is 0 Å². The summed E-state index contributed by atoms with van der Waals surface area (Å²) in [6, 6.07) is 11.0. The van der Waals surface area contributed by atoms with E-state index in [9.17, 15) is 30.0 Å². The number of unbranched alkanes of at least 4 members (excludes halogenated alkanes) is 4. The molecule has 216 valence electrons. The molecule has 0 spiro atoms. The van der Waals surface area contributed by atoms with Crippen LogP contribution in [0.2, 0.25) is 0 Å². The van der Waals surface area contributed by atoms with E-state index in [-0.39, 0.29) is 17.1 Å². The highest BCUT2D eigenvalue weighted by molar-refractivity contribution is 5.81. The summed E-state index contributed by atoms with van der Waals surface area (Å²) in [4.78, 5) is 32.3. The Kier molecular flexibility index (Phi) is 9.91. The number of rotatable bonds is 12. The molecule has 40 heavy (non-hydrogen) atoms. The molecule has 1 aliphatic heterocycles. The maximum absolute atomic E-state index is 13.2. The monoisotopic (exact) mass is 554 g/mol. The van der Waals surface area contributed by atoms with Crippen molar-refractivity contribution in [3.8, 4) is 17.1 Å². The van der Waals surface area contributed by atoms with Crippen LogP contribution in [-0.4, -0.2) is 67.1 Å². The number of fused-ring (bicyclic) bond motifs is 1. The molecule has 10 heteroatoms. The zero-order valence-corrected chi connectivity index (χ0v) is 22.9. The number of carbonyl (C=O) groups is 1. The fraction of sp³-hybridized carbons (Fsp3) is 0.500. The second kappa shape index (κ2) is 13.4. The Hall–Kier alpha value is -3.31. The second-order valence-electron chi connectivity index (χ2n) is 10.4. The van der Waals surface area contributed by atoms with E-state index in [4.69, 9.17) is 14.5 Å². The van der Waals surface area contributed by atoms with Gasteiger partial charge in [0.2, 0.25) is 6.29 Å². The number of aromatic amines is 1. The molecule has 5 atom stereocenters. The molecule has 1 saturated heterocycles. The van der Waals surface area contributed by atoms with E-state index in [2.05, 4.69) is 18.8 Å². The molecule has 5 N–H and O–H groups in total. The summed E-state index contributed by atoms with van der Waals surface area (Å²) < 4.78 is 11.2. The van der Waals surface area contributed by atoms with Gasteiger partial charge in [-0.1, -0.05) is 51.7 Å². The molecule has 4 rings (SSSR count). The van der Waals surface area contributed by atoms with E-state index >= 15 is 0 Å². The minimum Gasteiger partial charge on any atom is -0.479 e. The zero-order valence-electron chi connectivity index (χ0n) is 22.9. The number of aliphatic hydroxyl groups excluding tert-OH is 3. The normalized spacial score (nSPS) is 22.9. The van der Waals surface area contributed by atoms with Crippen molar-refractivity contribution in [3.63, 3.8) is 0 Å². The fourth-order valence-corrected chi connectivity index (χ4v) is 4.92. The summed E-state index contributed by atoms with van der Waals surface area (Å²) in [5, 5.41) is 40.6. The first-order valence-corrected chi connectivity index (χ1v) is 14.0. The fourth-order valence-electron chi connectivity index (χ4n) is 4.92. The first kappa shape index (κ1) is 29.7. The van der Waals surface area contributed by atoms with Crippen LogP contribution in [0.3, 0.4) is 0 Å². The number of hydrogen-bond donors (Lipinski definition) is 5. The van der Waals surface area contributed by atoms with Gasteiger partial charge in [0, 0.05) is 0 Å². The zero-order chi connectivity index (χ0) is 28.8. The van der Waals surface area contributed by atoms with Crippen LogP contribution in [-0.2, 0) is 22.4 Å². The average molecular weight is 555 g/mol. The summed E-state index contributed by atoms with van der Waals surface area (Å²) in [7, 11) is 0. The largest absolute Gasteiger partial charge is 0.479 e. The number of H-pyrrole nitrogens is 1. The van der Waals surface area contributed by atoms with E-state index in [1.165, 1.54) is 0 Å². The number of benzene rings is 2. The third kappa shape index (κ3) is 6.69. The quantitative estimate of drug-likeness (QED) is 0.211. The molecule has 3 aromatic rings. The minimum absolute atomic E-state index is 0.162. The lowest BCUT2D eigenvalue weighted by Gasteiger charge is -2.38. The predicted molar refractivity (Wildman–Crippen MR) is 149 cm³/mol. The van der Waals surface area contributed by atoms with Crippen LogP contribution in [0, 0.1) is 0 Å². The van der Waals surface area contributed by atoms with Crippen molar-refractivity contribution in [1.29, 1.82) is 0 Å². The number of ether oxygens (including phenoxy) is 2. The Labute approximate surface area is 232 Å². The van der Waals surface area contributed by atoms with Crippen molar-refractivity contribution in [2.75, 3.05) is 0 Å². The summed E-state index contributed by atoms with van der Waals surface area (Å²) in [5.41, 5.74) is 2.68. The van der Waals surface area contributed by atoms with Crippen molar-refractivity contribution in [2.45, 2.75) is 95.9 Å². The van der Waals surface area contributed by atoms with Gasteiger partial charge in [-0.15, -0.1) is 0 Å². The number of nitrogens with zero attached hydrogens (tertiary/aromatic N) is 1. The Morgan fingerprint density at radius 2 is 1.57 bits per heavy atom. The number of aryl methyl sites for hydroxylation is 2. The molecule has 10 nitrogen and oxygen atoms in total. The van der Waals surface area contributed by atoms with Gasteiger partial charge in [-0.05, 0) is 61.1 Å². The van der Waals surface area contributed by atoms with Crippen molar-refractivity contribution < 1.29 is 34.7 Å². The Morgan fingerprint density at radius 3 is 2.23 bits per heavy atom. The predicted octanol–water partition coefficient (Wildman–Crippen LogP) is 3.33. The highest BCUT2D eigenvalue weighted by atomic mass is 16.7. The van der Waals surface area contributed by atoms with Gasteiger partial charge in [-0.3, -0.25) is 4.79 Å². The molecule has 2 aromatic carbocycles. The molecular weight excluding hydrogens is 516 g/mol. The van der Waals surface area contributed by atoms with E-state index in [1.807, 2.05) is 30.3 Å². The highest BCUT2D eigenvalue weighted by Crippen LogP contribution is 2.33. The molecule has 2 heterocycles. The van der Waals surface area contributed by atoms with Gasteiger partial charge >= 0.3 is 5.97 Å². The Balaban J connectivity index is 1.71. The van der Waals surface area contributed by atoms with Gasteiger partial charge < -0.3 is 34.9 Å². The number of carboxylic acids is 1. The first-order chi connectivity index (χ1) is 19.2. The molecular formula is C30H38N2O8. The third-order valence-corrected chi connectivity index (χ3v) is 7.26. The molecule has 1 fully saturated rings. The lowest BCUT2D eigenvalue weighted by molar-refractivity contribution is -0.271. The van der Waals surface area contributed by atoms with Crippen molar-refractivity contribution in [2.24, 2.45) is 0 Å². The number of aliphatic carboxylic acids is 1. The summed E-state index contributed by atoms with van der Waals surface area (Å²) >= 11 is 0. The van der Waals surface area contributed by atoms with Gasteiger partial charge in [0.05, 0.1) is 16.5 Å². The van der Waals surface area contributed by atoms with Crippen LogP contribution in [0.25, 0.3) is 22.3 Å². The SMILES string of the molecule is CCCCCc1ccc(O[C@@H]2O[C@H](C(=O)O)[C@@H](O)[C@H](O)[C@H]2O)c(-c2nc3ccc(CCCCC)cc3c(=O)[nH]2)c1. The summed E-state index contributed by atoms with van der Waals surface area (Å²) in [5.74, 6) is -1.10. The number of nitrogens with one attached hydrogen (secondary N) is 1. The number of carboxylic acid groups (broad SMARTS) is 1. The number of aromatic nitrogens is 2. The lowest BCUT2D eigenvalue weighted by atomic mass is 9.99. The second-order valence-corrected chi connectivity index (χ2v) is 10.4. The maximum Gasteiger partial charge on any atom is 0.335 e. The average Bonchev–Trinajstić information content (AvgIpc) is 2.94. The molecule has 1 aromatic heterocycles. The van der Waals surface area contributed by atoms with E-state index in [0.717, 1.165) is 62.5 Å². The molecule has 0 saturated carbocycles. The van der Waals surface area contributed by atoms with Gasteiger partial charge in [0.25, 0.3) is 5.56 Å². The van der Waals surface area contributed by atoms with Crippen LogP contribution in [0.1, 0.15) is 63.5 Å².